The Bertz CT molecular complexity index is 540. The lowest BCUT2D eigenvalue weighted by atomic mass is 10.1. The molecule has 0 bridgehead atoms. The van der Waals surface area contributed by atoms with Crippen LogP contribution < -0.4 is 10.6 Å². The molecule has 1 aliphatic heterocycles. The molecule has 2 aromatic rings. The number of imidazole rings is 1. The summed E-state index contributed by atoms with van der Waals surface area (Å²) < 4.78 is 0. The minimum atomic E-state index is 0.645. The molecular formula is C15H22N4. The zero-order chi connectivity index (χ0) is 13.1. The summed E-state index contributed by atoms with van der Waals surface area (Å²) >= 11 is 0. The number of piperidine rings is 1. The van der Waals surface area contributed by atoms with Gasteiger partial charge in [-0.05, 0) is 44.0 Å². The number of fused-ring (bicyclic) bond motifs is 1. The number of H-pyrrole nitrogens is 1. The van der Waals surface area contributed by atoms with Crippen LogP contribution >= 0.6 is 0 Å². The smallest absolute Gasteiger partial charge is 0.104 e. The second kappa shape index (κ2) is 5.72. The first-order valence-electron chi connectivity index (χ1n) is 7.20. The number of aromatic nitrogens is 2. The van der Waals surface area contributed by atoms with Gasteiger partial charge in [0.25, 0.3) is 0 Å². The summed E-state index contributed by atoms with van der Waals surface area (Å²) in [5.74, 6) is 0.978. The first-order chi connectivity index (χ1) is 9.31. The molecular weight excluding hydrogens is 236 g/mol. The van der Waals surface area contributed by atoms with Crippen molar-refractivity contribution in [1.82, 2.24) is 20.6 Å². The van der Waals surface area contributed by atoms with Crippen LogP contribution in [0.1, 0.15) is 30.7 Å². The third-order valence-corrected chi connectivity index (χ3v) is 3.80. The van der Waals surface area contributed by atoms with Crippen molar-refractivity contribution in [3.05, 3.63) is 29.6 Å². The fourth-order valence-corrected chi connectivity index (χ4v) is 2.78. The van der Waals surface area contributed by atoms with E-state index in [4.69, 9.17) is 0 Å². The number of rotatable bonds is 4. The van der Waals surface area contributed by atoms with E-state index in [1.807, 2.05) is 6.92 Å². The number of hydrogen-bond donors (Lipinski definition) is 3. The van der Waals surface area contributed by atoms with Crippen molar-refractivity contribution in [2.24, 2.45) is 0 Å². The maximum Gasteiger partial charge on any atom is 0.104 e. The van der Waals surface area contributed by atoms with Gasteiger partial charge in [-0.3, -0.25) is 0 Å². The van der Waals surface area contributed by atoms with E-state index in [1.165, 1.54) is 31.4 Å². The van der Waals surface area contributed by atoms with Crippen LogP contribution in [0.4, 0.5) is 0 Å². The zero-order valence-corrected chi connectivity index (χ0v) is 11.5. The van der Waals surface area contributed by atoms with Crippen molar-refractivity contribution in [2.45, 2.75) is 38.8 Å². The highest BCUT2D eigenvalue weighted by Gasteiger charge is 2.11. The van der Waals surface area contributed by atoms with Gasteiger partial charge in [-0.15, -0.1) is 0 Å². The number of nitrogens with zero attached hydrogens (tertiary/aromatic N) is 1. The highest BCUT2D eigenvalue weighted by atomic mass is 15.0. The molecule has 2 heterocycles. The molecule has 19 heavy (non-hydrogen) atoms. The Balaban J connectivity index is 1.55. The van der Waals surface area contributed by atoms with Crippen molar-refractivity contribution in [2.75, 3.05) is 13.1 Å². The van der Waals surface area contributed by atoms with Crippen LogP contribution in [0.2, 0.25) is 0 Å². The quantitative estimate of drug-likeness (QED) is 0.787. The van der Waals surface area contributed by atoms with Crippen molar-refractivity contribution in [3.8, 4) is 0 Å². The van der Waals surface area contributed by atoms with Crippen LogP contribution in [0.5, 0.6) is 0 Å². The summed E-state index contributed by atoms with van der Waals surface area (Å²) in [6.07, 6.45) is 3.98. The van der Waals surface area contributed by atoms with Gasteiger partial charge in [0, 0.05) is 19.1 Å². The van der Waals surface area contributed by atoms with E-state index in [0.717, 1.165) is 29.9 Å². The van der Waals surface area contributed by atoms with Crippen molar-refractivity contribution >= 4 is 11.0 Å². The number of aryl methyl sites for hydroxylation is 1. The minimum absolute atomic E-state index is 0.645. The lowest BCUT2D eigenvalue weighted by molar-refractivity contribution is 0.383. The highest BCUT2D eigenvalue weighted by molar-refractivity contribution is 5.75. The maximum atomic E-state index is 4.42. The largest absolute Gasteiger partial charge is 0.342 e. The van der Waals surface area contributed by atoms with E-state index < -0.39 is 0 Å². The first kappa shape index (κ1) is 12.6. The lowest BCUT2D eigenvalue weighted by Crippen LogP contribution is -2.41. The van der Waals surface area contributed by atoms with Gasteiger partial charge in [0.15, 0.2) is 0 Å². The molecule has 0 amide bonds. The van der Waals surface area contributed by atoms with Gasteiger partial charge >= 0.3 is 0 Å². The Labute approximate surface area is 114 Å². The van der Waals surface area contributed by atoms with Crippen LogP contribution in [0.3, 0.4) is 0 Å². The summed E-state index contributed by atoms with van der Waals surface area (Å²) in [7, 11) is 0. The topological polar surface area (TPSA) is 52.7 Å². The average molecular weight is 258 g/mol. The Morgan fingerprint density at radius 3 is 3.16 bits per heavy atom. The molecule has 1 saturated heterocycles. The van der Waals surface area contributed by atoms with E-state index in [1.54, 1.807) is 0 Å². The maximum absolute atomic E-state index is 4.42. The van der Waals surface area contributed by atoms with Gasteiger partial charge in [-0.1, -0.05) is 12.5 Å². The normalized spacial score (nSPS) is 19.9. The molecule has 1 fully saturated rings. The predicted octanol–water partition coefficient (Wildman–Crippen LogP) is 2.10. The Morgan fingerprint density at radius 1 is 1.37 bits per heavy atom. The van der Waals surface area contributed by atoms with Crippen molar-refractivity contribution < 1.29 is 0 Å². The third-order valence-electron chi connectivity index (χ3n) is 3.80. The van der Waals surface area contributed by atoms with Crippen LogP contribution in [0.25, 0.3) is 11.0 Å². The van der Waals surface area contributed by atoms with Crippen LogP contribution in [-0.2, 0) is 6.54 Å². The summed E-state index contributed by atoms with van der Waals surface area (Å²) in [5, 5.41) is 7.11. The lowest BCUT2D eigenvalue weighted by Gasteiger charge is -2.23. The predicted molar refractivity (Wildman–Crippen MR) is 78.2 cm³/mol. The molecule has 4 nitrogen and oxygen atoms in total. The van der Waals surface area contributed by atoms with Crippen molar-refractivity contribution in [1.29, 1.82) is 0 Å². The Hall–Kier alpha value is -1.39. The van der Waals surface area contributed by atoms with Crippen LogP contribution in [0, 0.1) is 6.92 Å². The minimum Gasteiger partial charge on any atom is -0.342 e. The van der Waals surface area contributed by atoms with Gasteiger partial charge in [-0.25, -0.2) is 4.98 Å². The molecule has 102 valence electrons. The molecule has 0 spiro atoms. The van der Waals surface area contributed by atoms with E-state index >= 15 is 0 Å². The monoisotopic (exact) mass is 258 g/mol. The zero-order valence-electron chi connectivity index (χ0n) is 11.5. The Morgan fingerprint density at radius 2 is 2.32 bits per heavy atom. The molecule has 3 rings (SSSR count). The van der Waals surface area contributed by atoms with Crippen molar-refractivity contribution in [3.63, 3.8) is 0 Å². The highest BCUT2D eigenvalue weighted by Crippen LogP contribution is 2.13. The number of nitrogens with one attached hydrogen (secondary N) is 3. The first-order valence-corrected chi connectivity index (χ1v) is 7.20. The van der Waals surface area contributed by atoms with E-state index in [9.17, 15) is 0 Å². The fraction of sp³-hybridized carbons (Fsp3) is 0.533. The molecule has 1 atom stereocenters. The molecule has 0 aliphatic carbocycles. The van der Waals surface area contributed by atoms with Crippen LogP contribution in [-0.4, -0.2) is 29.1 Å². The van der Waals surface area contributed by atoms with Gasteiger partial charge in [0.05, 0.1) is 11.0 Å². The van der Waals surface area contributed by atoms with Crippen LogP contribution in [0.15, 0.2) is 18.2 Å². The van der Waals surface area contributed by atoms with E-state index in [2.05, 4.69) is 38.8 Å². The SMILES string of the molecule is Cc1nc2ccc(CNCC3CCCCN3)cc2[nH]1. The second-order valence-electron chi connectivity index (χ2n) is 5.45. The fourth-order valence-electron chi connectivity index (χ4n) is 2.78. The third kappa shape index (κ3) is 3.14. The molecule has 0 saturated carbocycles. The summed E-state index contributed by atoms with van der Waals surface area (Å²) in [6, 6.07) is 7.08. The van der Waals surface area contributed by atoms with Gasteiger partial charge < -0.3 is 15.6 Å². The average Bonchev–Trinajstić information content (AvgIpc) is 2.79. The summed E-state index contributed by atoms with van der Waals surface area (Å²) in [5.41, 5.74) is 3.50. The van der Waals surface area contributed by atoms with Gasteiger partial charge in [0.2, 0.25) is 0 Å². The molecule has 4 heteroatoms. The van der Waals surface area contributed by atoms with Gasteiger partial charge in [0.1, 0.15) is 5.82 Å². The van der Waals surface area contributed by atoms with E-state index in [-0.39, 0.29) is 0 Å². The molecule has 1 aliphatic rings. The standard InChI is InChI=1S/C15H22N4/c1-11-18-14-6-5-12(8-15(14)19-11)9-16-10-13-4-2-3-7-17-13/h5-6,8,13,16-17H,2-4,7,9-10H2,1H3,(H,18,19). The van der Waals surface area contributed by atoms with E-state index in [0.29, 0.717) is 6.04 Å². The molecule has 1 aromatic carbocycles. The summed E-state index contributed by atoms with van der Waals surface area (Å²) in [4.78, 5) is 7.71. The summed E-state index contributed by atoms with van der Waals surface area (Å²) in [6.45, 7) is 5.14. The number of benzene rings is 1. The molecule has 0 radical (unpaired) electrons. The Kier molecular flexibility index (Phi) is 3.80. The molecule has 3 N–H and O–H groups in total. The molecule has 1 aromatic heterocycles. The van der Waals surface area contributed by atoms with Gasteiger partial charge in [-0.2, -0.15) is 0 Å². The number of hydrogen-bond acceptors (Lipinski definition) is 3. The second-order valence-corrected chi connectivity index (χ2v) is 5.45. The number of aromatic amines is 1. The molecule has 1 unspecified atom stereocenters.